The number of carbonyl (C=O) groups excluding carboxylic acids is 2. The number of fused-ring (bicyclic) bond motifs is 1. The fraction of sp³-hybridized carbons (Fsp3) is 0.346. The van der Waals surface area contributed by atoms with E-state index in [0.717, 1.165) is 24.0 Å². The Morgan fingerprint density at radius 2 is 1.70 bits per heavy atom. The summed E-state index contributed by atoms with van der Waals surface area (Å²) >= 11 is 1.21. The molecule has 2 aliphatic rings. The Kier molecular flexibility index (Phi) is 8.22. The number of hydrogen-bond acceptors (Lipinski definition) is 6. The molecule has 7 heteroatoms. The molecule has 1 aromatic heterocycles. The zero-order valence-corrected chi connectivity index (χ0v) is 20.3. The predicted molar refractivity (Wildman–Crippen MR) is 131 cm³/mol. The van der Waals surface area contributed by atoms with Gasteiger partial charge in [0.05, 0.1) is 16.5 Å². The van der Waals surface area contributed by atoms with Gasteiger partial charge in [0.1, 0.15) is 0 Å². The van der Waals surface area contributed by atoms with Gasteiger partial charge >= 0.3 is 0 Å². The largest absolute Gasteiger partial charge is 0.454 e. The van der Waals surface area contributed by atoms with E-state index in [1.165, 1.54) is 17.5 Å². The Balaban J connectivity index is 0.000000728. The molecule has 0 atom stereocenters. The highest BCUT2D eigenvalue weighted by molar-refractivity contribution is 7.17. The van der Waals surface area contributed by atoms with E-state index in [0.29, 0.717) is 27.9 Å². The lowest BCUT2D eigenvalue weighted by atomic mass is 9.94. The quantitative estimate of drug-likeness (QED) is 0.450. The number of aromatic nitrogens is 1. The van der Waals surface area contributed by atoms with Gasteiger partial charge in [-0.2, -0.15) is 0 Å². The number of thiazole rings is 1. The number of rotatable bonds is 6. The molecule has 174 valence electrons. The van der Waals surface area contributed by atoms with Crippen LogP contribution in [0.5, 0.6) is 11.5 Å². The van der Waals surface area contributed by atoms with Gasteiger partial charge in [0.25, 0.3) is 0 Å². The average Bonchev–Trinajstić information content (AvgIpc) is 3.31. The molecule has 1 amide bonds. The van der Waals surface area contributed by atoms with Crippen LogP contribution in [0.15, 0.2) is 54.7 Å². The molecule has 1 aliphatic carbocycles. The van der Waals surface area contributed by atoms with Crippen molar-refractivity contribution in [2.45, 2.75) is 52.4 Å². The summed E-state index contributed by atoms with van der Waals surface area (Å²) in [5.41, 5.74) is 1.30. The van der Waals surface area contributed by atoms with E-state index in [9.17, 15) is 9.59 Å². The van der Waals surface area contributed by atoms with E-state index in [1.54, 1.807) is 0 Å². The molecule has 1 N–H and O–H groups in total. The van der Waals surface area contributed by atoms with Crippen LogP contribution in [0, 0.1) is 0 Å². The number of nitrogens with one attached hydrogen (secondary N) is 1. The number of benzene rings is 2. The highest BCUT2D eigenvalue weighted by Gasteiger charge is 2.52. The monoisotopic (exact) mass is 466 g/mol. The van der Waals surface area contributed by atoms with Gasteiger partial charge in [-0.1, -0.05) is 75.4 Å². The fourth-order valence-corrected chi connectivity index (χ4v) is 4.26. The van der Waals surface area contributed by atoms with E-state index in [1.807, 2.05) is 76.2 Å². The van der Waals surface area contributed by atoms with Gasteiger partial charge in [-0.15, -0.1) is 0 Å². The Morgan fingerprint density at radius 3 is 2.39 bits per heavy atom. The molecule has 3 aromatic rings. The van der Waals surface area contributed by atoms with Crippen LogP contribution < -0.4 is 14.8 Å². The number of anilines is 1. The van der Waals surface area contributed by atoms with Crippen LogP contribution in [0.2, 0.25) is 0 Å². The highest BCUT2D eigenvalue weighted by atomic mass is 32.1. The van der Waals surface area contributed by atoms with E-state index in [-0.39, 0.29) is 18.5 Å². The first-order chi connectivity index (χ1) is 16.1. The second-order valence-electron chi connectivity index (χ2n) is 7.22. The normalized spacial score (nSPS) is 14.2. The molecule has 2 aromatic carbocycles. The zero-order chi connectivity index (χ0) is 23.8. The van der Waals surface area contributed by atoms with Crippen molar-refractivity contribution < 1.29 is 19.1 Å². The summed E-state index contributed by atoms with van der Waals surface area (Å²) in [6.07, 6.45) is 3.39. The third-order valence-electron chi connectivity index (χ3n) is 5.32. The van der Waals surface area contributed by atoms with Crippen LogP contribution in [0.1, 0.15) is 61.3 Å². The first-order valence-corrected chi connectivity index (χ1v) is 12.2. The van der Waals surface area contributed by atoms with Gasteiger partial charge in [-0.05, 0) is 36.1 Å². The zero-order valence-electron chi connectivity index (χ0n) is 19.5. The fourth-order valence-electron chi connectivity index (χ4n) is 3.51. The van der Waals surface area contributed by atoms with E-state index >= 15 is 0 Å². The third kappa shape index (κ3) is 5.42. The van der Waals surface area contributed by atoms with Gasteiger partial charge in [0, 0.05) is 6.42 Å². The summed E-state index contributed by atoms with van der Waals surface area (Å²) in [7, 11) is 0. The van der Waals surface area contributed by atoms with Crippen LogP contribution in [-0.2, 0) is 16.6 Å². The Labute approximate surface area is 199 Å². The Hall–Kier alpha value is -3.19. The van der Waals surface area contributed by atoms with Crippen molar-refractivity contribution in [1.82, 2.24) is 4.98 Å². The maximum atomic E-state index is 13.0. The van der Waals surface area contributed by atoms with Gasteiger partial charge in [0.15, 0.2) is 22.4 Å². The average molecular weight is 467 g/mol. The van der Waals surface area contributed by atoms with Crippen molar-refractivity contribution in [1.29, 1.82) is 0 Å². The predicted octanol–water partition coefficient (Wildman–Crippen LogP) is 6.02. The van der Waals surface area contributed by atoms with Crippen LogP contribution >= 0.6 is 11.3 Å². The molecule has 2 heterocycles. The lowest BCUT2D eigenvalue weighted by molar-refractivity contribution is -0.118. The van der Waals surface area contributed by atoms with Crippen molar-refractivity contribution in [3.05, 3.63) is 70.7 Å². The summed E-state index contributed by atoms with van der Waals surface area (Å²) in [5.74, 6) is 1.26. The molecule has 6 nitrogen and oxygen atoms in total. The van der Waals surface area contributed by atoms with Crippen LogP contribution in [-0.4, -0.2) is 23.5 Å². The number of nitrogens with zero attached hydrogens (tertiary/aromatic N) is 1. The van der Waals surface area contributed by atoms with Crippen LogP contribution in [0.4, 0.5) is 5.13 Å². The maximum Gasteiger partial charge on any atom is 0.236 e. The number of Topliss-reactive ketones (excluding diaryl/α,β-unsaturated/α-hetero) is 1. The second kappa shape index (κ2) is 11.1. The molecule has 0 radical (unpaired) electrons. The lowest BCUT2D eigenvalue weighted by Crippen LogP contribution is -2.27. The van der Waals surface area contributed by atoms with Crippen LogP contribution in [0.3, 0.4) is 0 Å². The molecule has 0 saturated heterocycles. The Morgan fingerprint density at radius 1 is 1.00 bits per heavy atom. The molecule has 0 bridgehead atoms. The van der Waals surface area contributed by atoms with E-state index in [2.05, 4.69) is 10.3 Å². The lowest BCUT2D eigenvalue weighted by Gasteiger charge is -2.15. The topological polar surface area (TPSA) is 77.5 Å². The molecule has 1 saturated carbocycles. The minimum atomic E-state index is -0.569. The molecular weight excluding hydrogens is 436 g/mol. The smallest absolute Gasteiger partial charge is 0.236 e. The van der Waals surface area contributed by atoms with Gasteiger partial charge in [-0.25, -0.2) is 4.98 Å². The Bertz CT molecular complexity index is 1090. The molecule has 5 rings (SSSR count). The maximum absolute atomic E-state index is 13.0. The van der Waals surface area contributed by atoms with E-state index < -0.39 is 5.41 Å². The van der Waals surface area contributed by atoms with Gasteiger partial charge in [-0.3, -0.25) is 9.59 Å². The molecular formula is C26H30N2O4S. The number of ether oxygens (including phenoxy) is 2. The van der Waals surface area contributed by atoms with Gasteiger partial charge < -0.3 is 14.8 Å². The molecule has 33 heavy (non-hydrogen) atoms. The summed E-state index contributed by atoms with van der Waals surface area (Å²) in [4.78, 5) is 30.2. The summed E-state index contributed by atoms with van der Waals surface area (Å²) in [6.45, 7) is 8.21. The van der Waals surface area contributed by atoms with Crippen molar-refractivity contribution >= 4 is 28.2 Å². The molecule has 1 fully saturated rings. The second-order valence-corrected chi connectivity index (χ2v) is 8.25. The highest BCUT2D eigenvalue weighted by Crippen LogP contribution is 2.51. The molecule has 1 aliphatic heterocycles. The first kappa shape index (κ1) is 24.5. The molecule has 0 unspecified atom stereocenters. The minimum Gasteiger partial charge on any atom is -0.454 e. The molecule has 0 spiro atoms. The standard InChI is InChI=1S/C22H18N2O4S.2C2H6/c25-16(10-14-4-2-1-3-5-14)19-12-23-21(29-19)24-20(26)22(8-9-22)15-6-7-17-18(11-15)28-13-27-17;2*1-2/h1-7,11-12H,8-10,13H2,(H,23,24,26);2*1-2H3. The van der Waals surface area contributed by atoms with Crippen molar-refractivity contribution in [2.75, 3.05) is 12.1 Å². The van der Waals surface area contributed by atoms with Crippen molar-refractivity contribution in [3.63, 3.8) is 0 Å². The number of ketones is 1. The number of carbonyl (C=O) groups is 2. The summed E-state index contributed by atoms with van der Waals surface area (Å²) < 4.78 is 10.8. The van der Waals surface area contributed by atoms with E-state index in [4.69, 9.17) is 9.47 Å². The third-order valence-corrected chi connectivity index (χ3v) is 6.27. The number of hydrogen-bond donors (Lipinski definition) is 1. The van der Waals surface area contributed by atoms with Crippen LogP contribution in [0.25, 0.3) is 0 Å². The first-order valence-electron chi connectivity index (χ1n) is 11.4. The van der Waals surface area contributed by atoms with Crippen molar-refractivity contribution in [2.24, 2.45) is 0 Å². The summed E-state index contributed by atoms with van der Waals surface area (Å²) in [5, 5.41) is 3.34. The van der Waals surface area contributed by atoms with Crippen molar-refractivity contribution in [3.8, 4) is 11.5 Å². The minimum absolute atomic E-state index is 0.00824. The number of amides is 1. The summed E-state index contributed by atoms with van der Waals surface area (Å²) in [6, 6.07) is 15.2. The van der Waals surface area contributed by atoms with Gasteiger partial charge in [0.2, 0.25) is 12.7 Å². The SMILES string of the molecule is CC.CC.O=C(Cc1ccccc1)c1cnc(NC(=O)C2(c3ccc4c(c3)OCO4)CC2)s1.